The SMILES string of the molecule is Cc1nc(NCc2scnc2C)ccc1C(=O)O. The number of hydrogen-bond donors (Lipinski definition) is 2. The van der Waals surface area contributed by atoms with Crippen LogP contribution in [0.5, 0.6) is 0 Å². The standard InChI is InChI=1S/C12H13N3O2S/c1-7-9(12(16)17)3-4-11(15-7)13-5-10-8(2)14-6-18-10/h3-4,6H,5H2,1-2H3,(H,13,15)(H,16,17). The van der Waals surface area contributed by atoms with Gasteiger partial charge >= 0.3 is 5.97 Å². The number of aryl methyl sites for hydroxylation is 2. The molecular weight excluding hydrogens is 250 g/mol. The fraction of sp³-hybridized carbons (Fsp3) is 0.250. The predicted octanol–water partition coefficient (Wildman–Crippen LogP) is 2.47. The average molecular weight is 263 g/mol. The molecule has 0 unspecified atom stereocenters. The van der Waals surface area contributed by atoms with Gasteiger partial charge in [-0.3, -0.25) is 0 Å². The van der Waals surface area contributed by atoms with Crippen molar-refractivity contribution in [2.75, 3.05) is 5.32 Å². The molecule has 0 saturated heterocycles. The van der Waals surface area contributed by atoms with Gasteiger partial charge in [-0.05, 0) is 26.0 Å². The van der Waals surface area contributed by atoms with Crippen LogP contribution >= 0.6 is 11.3 Å². The van der Waals surface area contributed by atoms with Crippen molar-refractivity contribution < 1.29 is 9.90 Å². The van der Waals surface area contributed by atoms with Crippen molar-refractivity contribution in [3.05, 3.63) is 39.5 Å². The summed E-state index contributed by atoms with van der Waals surface area (Å²) in [4.78, 5) is 20.4. The van der Waals surface area contributed by atoms with Crippen molar-refractivity contribution in [1.82, 2.24) is 9.97 Å². The topological polar surface area (TPSA) is 75.1 Å². The van der Waals surface area contributed by atoms with Gasteiger partial charge in [0, 0.05) is 4.88 Å². The van der Waals surface area contributed by atoms with Crippen LogP contribution < -0.4 is 5.32 Å². The highest BCUT2D eigenvalue weighted by Gasteiger charge is 2.08. The first kappa shape index (κ1) is 12.5. The zero-order chi connectivity index (χ0) is 13.1. The summed E-state index contributed by atoms with van der Waals surface area (Å²) in [5.74, 6) is -0.282. The average Bonchev–Trinajstić information content (AvgIpc) is 2.72. The van der Waals surface area contributed by atoms with E-state index >= 15 is 0 Å². The van der Waals surface area contributed by atoms with Gasteiger partial charge in [0.1, 0.15) is 5.82 Å². The Labute approximate surface area is 109 Å². The van der Waals surface area contributed by atoms with Crippen molar-refractivity contribution in [3.8, 4) is 0 Å². The zero-order valence-corrected chi connectivity index (χ0v) is 10.9. The molecule has 5 nitrogen and oxygen atoms in total. The lowest BCUT2D eigenvalue weighted by Crippen LogP contribution is -2.06. The summed E-state index contributed by atoms with van der Waals surface area (Å²) in [6.07, 6.45) is 0. The molecule has 0 radical (unpaired) electrons. The molecule has 2 N–H and O–H groups in total. The van der Waals surface area contributed by atoms with Crippen molar-refractivity contribution in [2.45, 2.75) is 20.4 Å². The molecule has 0 amide bonds. The van der Waals surface area contributed by atoms with E-state index in [0.717, 1.165) is 10.6 Å². The molecule has 0 fully saturated rings. The van der Waals surface area contributed by atoms with Crippen LogP contribution in [0.15, 0.2) is 17.6 Å². The zero-order valence-electron chi connectivity index (χ0n) is 10.1. The Kier molecular flexibility index (Phi) is 3.57. The first-order valence-corrected chi connectivity index (χ1v) is 6.29. The van der Waals surface area contributed by atoms with Gasteiger partial charge in [0.15, 0.2) is 0 Å². The number of thiazole rings is 1. The molecular formula is C12H13N3O2S. The molecule has 6 heteroatoms. The van der Waals surface area contributed by atoms with Crippen LogP contribution in [0.1, 0.15) is 26.6 Å². The number of nitrogens with zero attached hydrogens (tertiary/aromatic N) is 2. The van der Waals surface area contributed by atoms with E-state index in [9.17, 15) is 4.79 Å². The number of carbonyl (C=O) groups is 1. The molecule has 2 aromatic heterocycles. The smallest absolute Gasteiger partial charge is 0.337 e. The number of rotatable bonds is 4. The van der Waals surface area contributed by atoms with E-state index in [-0.39, 0.29) is 5.56 Å². The van der Waals surface area contributed by atoms with Gasteiger partial charge in [-0.2, -0.15) is 0 Å². The largest absolute Gasteiger partial charge is 0.478 e. The van der Waals surface area contributed by atoms with Crippen LogP contribution in [0.2, 0.25) is 0 Å². The monoisotopic (exact) mass is 263 g/mol. The fourth-order valence-electron chi connectivity index (χ4n) is 1.55. The highest BCUT2D eigenvalue weighted by atomic mass is 32.1. The second-order valence-electron chi connectivity index (χ2n) is 3.85. The van der Waals surface area contributed by atoms with Crippen LogP contribution in [0, 0.1) is 13.8 Å². The predicted molar refractivity (Wildman–Crippen MR) is 70.1 cm³/mol. The van der Waals surface area contributed by atoms with Crippen LogP contribution in [-0.4, -0.2) is 21.0 Å². The second kappa shape index (κ2) is 5.14. The quantitative estimate of drug-likeness (QED) is 0.886. The van der Waals surface area contributed by atoms with Gasteiger partial charge in [-0.15, -0.1) is 11.3 Å². The van der Waals surface area contributed by atoms with Gasteiger partial charge < -0.3 is 10.4 Å². The molecule has 0 atom stereocenters. The van der Waals surface area contributed by atoms with Gasteiger partial charge in [0.05, 0.1) is 29.0 Å². The summed E-state index contributed by atoms with van der Waals surface area (Å²) >= 11 is 1.59. The minimum Gasteiger partial charge on any atom is -0.478 e. The molecule has 0 aliphatic rings. The summed E-state index contributed by atoms with van der Waals surface area (Å²) in [5.41, 5.74) is 3.55. The minimum atomic E-state index is -0.954. The highest BCUT2D eigenvalue weighted by molar-refractivity contribution is 7.09. The summed E-state index contributed by atoms with van der Waals surface area (Å²) in [5, 5.41) is 12.1. The summed E-state index contributed by atoms with van der Waals surface area (Å²) in [7, 11) is 0. The van der Waals surface area contributed by atoms with Crippen molar-refractivity contribution in [1.29, 1.82) is 0 Å². The Morgan fingerprint density at radius 3 is 2.72 bits per heavy atom. The molecule has 0 aliphatic carbocycles. The van der Waals surface area contributed by atoms with Crippen molar-refractivity contribution >= 4 is 23.1 Å². The number of anilines is 1. The first-order chi connectivity index (χ1) is 8.58. The van der Waals surface area contributed by atoms with E-state index in [0.29, 0.717) is 18.1 Å². The third-order valence-corrected chi connectivity index (χ3v) is 3.53. The Bertz CT molecular complexity index is 580. The Hall–Kier alpha value is -1.95. The number of nitrogens with one attached hydrogen (secondary N) is 1. The number of pyridine rings is 1. The van der Waals surface area contributed by atoms with Gasteiger partial charge in [-0.25, -0.2) is 14.8 Å². The third kappa shape index (κ3) is 2.65. The van der Waals surface area contributed by atoms with Crippen LogP contribution in [-0.2, 0) is 6.54 Å². The molecule has 0 aromatic carbocycles. The fourth-order valence-corrected chi connectivity index (χ4v) is 2.27. The lowest BCUT2D eigenvalue weighted by molar-refractivity contribution is 0.0695. The third-order valence-electron chi connectivity index (χ3n) is 2.59. The van der Waals surface area contributed by atoms with Crippen molar-refractivity contribution in [3.63, 3.8) is 0 Å². The van der Waals surface area contributed by atoms with Gasteiger partial charge in [-0.1, -0.05) is 0 Å². The lowest BCUT2D eigenvalue weighted by Gasteiger charge is -2.07. The number of aromatic nitrogens is 2. The highest BCUT2D eigenvalue weighted by Crippen LogP contribution is 2.15. The van der Waals surface area contributed by atoms with Gasteiger partial charge in [0.2, 0.25) is 0 Å². The molecule has 18 heavy (non-hydrogen) atoms. The van der Waals surface area contributed by atoms with Crippen LogP contribution in [0.3, 0.4) is 0 Å². The number of aromatic carboxylic acids is 1. The Morgan fingerprint density at radius 2 is 2.17 bits per heavy atom. The Morgan fingerprint density at radius 1 is 1.39 bits per heavy atom. The molecule has 0 bridgehead atoms. The molecule has 94 valence electrons. The molecule has 2 heterocycles. The maximum atomic E-state index is 10.9. The minimum absolute atomic E-state index is 0.231. The number of hydrogen-bond acceptors (Lipinski definition) is 5. The normalized spacial score (nSPS) is 10.3. The number of carboxylic acid groups (broad SMARTS) is 1. The molecule has 0 spiro atoms. The number of carboxylic acids is 1. The van der Waals surface area contributed by atoms with Crippen LogP contribution in [0.25, 0.3) is 0 Å². The second-order valence-corrected chi connectivity index (χ2v) is 4.79. The van der Waals surface area contributed by atoms with E-state index in [4.69, 9.17) is 5.11 Å². The van der Waals surface area contributed by atoms with Gasteiger partial charge in [0.25, 0.3) is 0 Å². The molecule has 2 rings (SSSR count). The van der Waals surface area contributed by atoms with E-state index < -0.39 is 5.97 Å². The Balaban J connectivity index is 2.09. The summed E-state index contributed by atoms with van der Waals surface area (Å²) in [6.45, 7) is 4.29. The van der Waals surface area contributed by atoms with E-state index in [1.807, 2.05) is 6.92 Å². The molecule has 0 saturated carbocycles. The summed E-state index contributed by atoms with van der Waals surface area (Å²) in [6, 6.07) is 3.24. The maximum absolute atomic E-state index is 10.9. The first-order valence-electron chi connectivity index (χ1n) is 5.41. The van der Waals surface area contributed by atoms with Crippen LogP contribution in [0.4, 0.5) is 5.82 Å². The lowest BCUT2D eigenvalue weighted by atomic mass is 10.2. The molecule has 2 aromatic rings. The summed E-state index contributed by atoms with van der Waals surface area (Å²) < 4.78 is 0. The van der Waals surface area contributed by atoms with Crippen molar-refractivity contribution in [2.24, 2.45) is 0 Å². The maximum Gasteiger partial charge on any atom is 0.337 e. The van der Waals surface area contributed by atoms with E-state index in [1.165, 1.54) is 0 Å². The van der Waals surface area contributed by atoms with E-state index in [1.54, 1.807) is 35.9 Å². The van der Waals surface area contributed by atoms with E-state index in [2.05, 4.69) is 15.3 Å². The molecule has 0 aliphatic heterocycles.